The number of hydrogen-bond acceptors (Lipinski definition) is 5. The summed E-state index contributed by atoms with van der Waals surface area (Å²) < 4.78 is 10.1. The topological polar surface area (TPSA) is 97.0 Å². The molecule has 1 aliphatic rings. The molecule has 1 fully saturated rings. The zero-order chi connectivity index (χ0) is 17.0. The molecule has 0 aromatic heterocycles. The lowest BCUT2D eigenvalue weighted by molar-refractivity contribution is -0.136. The molecule has 8 nitrogen and oxygen atoms in total. The van der Waals surface area contributed by atoms with Gasteiger partial charge in [0.2, 0.25) is 0 Å². The molecule has 8 heteroatoms. The van der Waals surface area contributed by atoms with Gasteiger partial charge in [0, 0.05) is 17.8 Å². The summed E-state index contributed by atoms with van der Waals surface area (Å²) in [5, 5.41) is 4.99. The van der Waals surface area contributed by atoms with Crippen molar-refractivity contribution in [3.8, 4) is 5.75 Å². The Balaban J connectivity index is 2.14. The fraction of sp³-hybridized carbons (Fsp3) is 0.400. The molecule has 1 saturated heterocycles. The molecule has 0 unspecified atom stereocenters. The van der Waals surface area contributed by atoms with Crippen LogP contribution in [0.4, 0.5) is 16.2 Å². The molecule has 1 aliphatic heterocycles. The van der Waals surface area contributed by atoms with Crippen LogP contribution in [0.5, 0.6) is 5.75 Å². The Labute approximate surface area is 133 Å². The van der Waals surface area contributed by atoms with Crippen LogP contribution in [0.25, 0.3) is 0 Å². The van der Waals surface area contributed by atoms with E-state index in [4.69, 9.17) is 9.47 Å². The van der Waals surface area contributed by atoms with Crippen LogP contribution < -0.4 is 20.3 Å². The van der Waals surface area contributed by atoms with Gasteiger partial charge in [0.05, 0.1) is 19.3 Å². The van der Waals surface area contributed by atoms with E-state index in [1.165, 1.54) is 12.0 Å². The highest BCUT2D eigenvalue weighted by Crippen LogP contribution is 2.32. The Hall–Kier alpha value is -2.77. The highest BCUT2D eigenvalue weighted by molar-refractivity contribution is 6.39. The van der Waals surface area contributed by atoms with Crippen LogP contribution in [0.15, 0.2) is 18.2 Å². The minimum atomic E-state index is -0.769. The van der Waals surface area contributed by atoms with E-state index in [9.17, 15) is 14.4 Å². The van der Waals surface area contributed by atoms with Gasteiger partial charge in [-0.3, -0.25) is 14.5 Å². The molecule has 2 rings (SSSR count). The zero-order valence-corrected chi connectivity index (χ0v) is 13.2. The number of anilines is 2. The second-order valence-corrected chi connectivity index (χ2v) is 5.23. The molecule has 0 atom stereocenters. The lowest BCUT2D eigenvalue weighted by atomic mass is 10.2. The minimum absolute atomic E-state index is 0.133. The third kappa shape index (κ3) is 3.91. The summed E-state index contributed by atoms with van der Waals surface area (Å²) in [5.41, 5.74) is 0.932. The van der Waals surface area contributed by atoms with E-state index in [0.29, 0.717) is 30.3 Å². The predicted molar refractivity (Wildman–Crippen MR) is 83.6 cm³/mol. The first-order valence-corrected chi connectivity index (χ1v) is 7.16. The number of ether oxygens (including phenoxy) is 2. The molecule has 3 amide bonds. The fourth-order valence-electron chi connectivity index (χ4n) is 2.11. The summed E-state index contributed by atoms with van der Waals surface area (Å²) in [6.07, 6.45) is -0.448. The molecule has 0 spiro atoms. The smallest absolute Gasteiger partial charge is 0.414 e. The van der Waals surface area contributed by atoms with E-state index in [2.05, 4.69) is 10.6 Å². The molecule has 2 N–H and O–H groups in total. The van der Waals surface area contributed by atoms with E-state index in [1.54, 1.807) is 32.0 Å². The maximum Gasteiger partial charge on any atom is 0.414 e. The van der Waals surface area contributed by atoms with Crippen molar-refractivity contribution in [2.24, 2.45) is 0 Å². The Morgan fingerprint density at radius 3 is 2.61 bits per heavy atom. The molecule has 1 aromatic carbocycles. The third-order valence-electron chi connectivity index (χ3n) is 3.12. The van der Waals surface area contributed by atoms with Crippen LogP contribution in [0.2, 0.25) is 0 Å². The molecular formula is C15H19N3O5. The summed E-state index contributed by atoms with van der Waals surface area (Å²) in [6.45, 7) is 4.27. The van der Waals surface area contributed by atoms with Crippen LogP contribution in [0.1, 0.15) is 13.8 Å². The SMILES string of the molecule is COc1cc(NC(=O)C(=O)NC(C)C)ccc1N1CCOC1=O. The van der Waals surface area contributed by atoms with E-state index in [-0.39, 0.29) is 6.04 Å². The van der Waals surface area contributed by atoms with Gasteiger partial charge in [-0.1, -0.05) is 0 Å². The minimum Gasteiger partial charge on any atom is -0.494 e. The van der Waals surface area contributed by atoms with Gasteiger partial charge in [-0.2, -0.15) is 0 Å². The number of rotatable bonds is 4. The average Bonchev–Trinajstić information content (AvgIpc) is 2.92. The van der Waals surface area contributed by atoms with Gasteiger partial charge in [-0.15, -0.1) is 0 Å². The summed E-state index contributed by atoms with van der Waals surface area (Å²) in [7, 11) is 1.46. The molecule has 0 aliphatic carbocycles. The maximum absolute atomic E-state index is 11.8. The second kappa shape index (κ2) is 6.99. The Morgan fingerprint density at radius 2 is 2.04 bits per heavy atom. The summed E-state index contributed by atoms with van der Waals surface area (Å²) in [4.78, 5) is 36.5. The van der Waals surface area contributed by atoms with Crippen molar-refractivity contribution in [1.29, 1.82) is 0 Å². The highest BCUT2D eigenvalue weighted by Gasteiger charge is 2.26. The van der Waals surface area contributed by atoms with Gasteiger partial charge < -0.3 is 20.1 Å². The van der Waals surface area contributed by atoms with Crippen molar-refractivity contribution in [1.82, 2.24) is 5.32 Å². The standard InChI is InChI=1S/C15H19N3O5/c1-9(2)16-13(19)14(20)17-10-4-5-11(12(8-10)22-3)18-6-7-23-15(18)21/h4-5,8-9H,6-7H2,1-3H3,(H,16,19)(H,17,20). The van der Waals surface area contributed by atoms with Crippen molar-refractivity contribution in [3.05, 3.63) is 18.2 Å². The average molecular weight is 321 g/mol. The van der Waals surface area contributed by atoms with Gasteiger partial charge >= 0.3 is 17.9 Å². The lowest BCUT2D eigenvalue weighted by Crippen LogP contribution is -2.39. The van der Waals surface area contributed by atoms with Gasteiger partial charge in [0.1, 0.15) is 12.4 Å². The second-order valence-electron chi connectivity index (χ2n) is 5.23. The number of nitrogens with zero attached hydrogens (tertiary/aromatic N) is 1. The van der Waals surface area contributed by atoms with Crippen LogP contribution in [-0.4, -0.2) is 44.2 Å². The third-order valence-corrected chi connectivity index (χ3v) is 3.12. The molecule has 124 valence electrons. The normalized spacial score (nSPS) is 13.7. The van der Waals surface area contributed by atoms with E-state index in [1.807, 2.05) is 0 Å². The molecular weight excluding hydrogens is 302 g/mol. The number of nitrogens with one attached hydrogen (secondary N) is 2. The van der Waals surface area contributed by atoms with Crippen molar-refractivity contribution < 1.29 is 23.9 Å². The Bertz CT molecular complexity index is 630. The van der Waals surface area contributed by atoms with Crippen molar-refractivity contribution in [3.63, 3.8) is 0 Å². The Morgan fingerprint density at radius 1 is 1.30 bits per heavy atom. The summed E-state index contributed by atoms with van der Waals surface area (Å²) in [5.74, 6) is -1.09. The fourth-order valence-corrected chi connectivity index (χ4v) is 2.11. The van der Waals surface area contributed by atoms with Crippen molar-refractivity contribution in [2.75, 3.05) is 30.5 Å². The molecule has 1 heterocycles. The maximum atomic E-state index is 11.8. The van der Waals surface area contributed by atoms with E-state index >= 15 is 0 Å². The molecule has 0 bridgehead atoms. The van der Waals surface area contributed by atoms with Gasteiger partial charge in [0.25, 0.3) is 0 Å². The first-order chi connectivity index (χ1) is 10.9. The number of methoxy groups -OCH3 is 1. The van der Waals surface area contributed by atoms with Crippen LogP contribution >= 0.6 is 0 Å². The number of cyclic esters (lactones) is 1. The molecule has 0 saturated carbocycles. The molecule has 0 radical (unpaired) electrons. The van der Waals surface area contributed by atoms with E-state index in [0.717, 1.165) is 0 Å². The largest absolute Gasteiger partial charge is 0.494 e. The number of benzene rings is 1. The quantitative estimate of drug-likeness (QED) is 0.810. The van der Waals surface area contributed by atoms with Gasteiger partial charge in [-0.05, 0) is 26.0 Å². The van der Waals surface area contributed by atoms with Crippen molar-refractivity contribution >= 4 is 29.3 Å². The van der Waals surface area contributed by atoms with Crippen LogP contribution in [0.3, 0.4) is 0 Å². The van der Waals surface area contributed by atoms with Gasteiger partial charge in [0.15, 0.2) is 0 Å². The first-order valence-electron chi connectivity index (χ1n) is 7.16. The number of amides is 3. The zero-order valence-electron chi connectivity index (χ0n) is 13.2. The van der Waals surface area contributed by atoms with Crippen LogP contribution in [0, 0.1) is 0 Å². The highest BCUT2D eigenvalue weighted by atomic mass is 16.6. The van der Waals surface area contributed by atoms with E-state index < -0.39 is 17.9 Å². The number of carbonyl (C=O) groups excluding carboxylic acids is 3. The van der Waals surface area contributed by atoms with Crippen molar-refractivity contribution in [2.45, 2.75) is 19.9 Å². The first kappa shape index (κ1) is 16.6. The monoisotopic (exact) mass is 321 g/mol. The number of carbonyl (C=O) groups is 3. The number of hydrogen-bond donors (Lipinski definition) is 2. The Kier molecular flexibility index (Phi) is 5.05. The van der Waals surface area contributed by atoms with Gasteiger partial charge in [-0.25, -0.2) is 4.79 Å². The molecule has 1 aromatic rings. The lowest BCUT2D eigenvalue weighted by Gasteiger charge is -2.17. The summed E-state index contributed by atoms with van der Waals surface area (Å²) >= 11 is 0. The van der Waals surface area contributed by atoms with Crippen LogP contribution in [-0.2, 0) is 14.3 Å². The predicted octanol–water partition coefficient (Wildman–Crippen LogP) is 1.11. The summed E-state index contributed by atoms with van der Waals surface area (Å²) in [6, 6.07) is 4.62. The molecule has 23 heavy (non-hydrogen) atoms.